The predicted molar refractivity (Wildman–Crippen MR) is 84.0 cm³/mol. The molecular weight excluding hydrogens is 264 g/mol. The van der Waals surface area contributed by atoms with Crippen molar-refractivity contribution >= 4 is 41.6 Å². The predicted octanol–water partition coefficient (Wildman–Crippen LogP) is 3.14. The van der Waals surface area contributed by atoms with E-state index in [0.29, 0.717) is 6.04 Å². The zero-order valence-corrected chi connectivity index (χ0v) is 11.8. The molecule has 4 aromatic carbocycles. The van der Waals surface area contributed by atoms with Crippen LogP contribution in [0.2, 0.25) is 0 Å². The van der Waals surface area contributed by atoms with Gasteiger partial charge < -0.3 is 9.59 Å². The lowest BCUT2D eigenvalue weighted by Gasteiger charge is -2.13. The van der Waals surface area contributed by atoms with Crippen LogP contribution in [-0.2, 0) is 6.04 Å². The van der Waals surface area contributed by atoms with Crippen molar-refractivity contribution in [3.63, 3.8) is 0 Å². The summed E-state index contributed by atoms with van der Waals surface area (Å²) in [5.41, 5.74) is 1.02. The van der Waals surface area contributed by atoms with Crippen LogP contribution in [-0.4, -0.2) is 18.9 Å². The molecule has 0 heterocycles. The monoisotopic (exact) mass is 277 g/mol. The summed E-state index contributed by atoms with van der Waals surface area (Å²) in [5.74, 6) is 0. The van der Waals surface area contributed by atoms with Gasteiger partial charge in [0.05, 0.1) is 0 Å². The molecule has 2 nitrogen and oxygen atoms in total. The fourth-order valence-electron chi connectivity index (χ4n) is 3.12. The van der Waals surface area contributed by atoms with E-state index in [2.05, 4.69) is 48.5 Å². The van der Waals surface area contributed by atoms with Crippen LogP contribution in [0, 0.1) is 0 Å². The van der Waals surface area contributed by atoms with Gasteiger partial charge in [-0.1, -0.05) is 54.6 Å². The summed E-state index contributed by atoms with van der Waals surface area (Å²) < 4.78 is 0. The molecule has 0 amide bonds. The third-order valence-electron chi connectivity index (χ3n) is 3.97. The van der Waals surface area contributed by atoms with Gasteiger partial charge in [0.1, 0.15) is 0 Å². The first-order valence-electron chi connectivity index (χ1n) is 6.63. The fourth-order valence-corrected chi connectivity index (χ4v) is 3.77. The van der Waals surface area contributed by atoms with Crippen molar-refractivity contribution in [2.75, 3.05) is 0 Å². The highest BCUT2D eigenvalue weighted by Gasteiger charge is 2.13. The van der Waals surface area contributed by atoms with Crippen LogP contribution in [0.4, 0.5) is 0 Å². The molecule has 1 radical (unpaired) electrons. The summed E-state index contributed by atoms with van der Waals surface area (Å²) in [6, 6.07) is 19.3. The molecule has 0 aliphatic rings. The van der Waals surface area contributed by atoms with Crippen molar-refractivity contribution < 1.29 is 9.59 Å². The minimum atomic E-state index is -2.25. The second-order valence-electron chi connectivity index (χ2n) is 5.17. The van der Waals surface area contributed by atoms with E-state index < -0.39 is 9.28 Å². The summed E-state index contributed by atoms with van der Waals surface area (Å²) in [5, 5.41) is 7.32. The highest BCUT2D eigenvalue weighted by molar-refractivity contribution is 6.41. The first kappa shape index (κ1) is 11.8. The minimum absolute atomic E-state index is 0.360. The molecule has 20 heavy (non-hydrogen) atoms. The van der Waals surface area contributed by atoms with Crippen LogP contribution in [0.3, 0.4) is 0 Å². The maximum absolute atomic E-state index is 9.36. The van der Waals surface area contributed by atoms with Gasteiger partial charge in [-0.2, -0.15) is 0 Å². The molecular formula is C17H13O2Si. The standard InChI is InChI=1S/C17H13O2Si/c18-20(19)10-14-7-6-13-5-4-11-2-1-3-12-8-9-15(14)17(13)16(11)12/h1-9,18-19H,10H2. The summed E-state index contributed by atoms with van der Waals surface area (Å²) in [4.78, 5) is 18.7. The Kier molecular flexibility index (Phi) is 2.54. The molecule has 3 heteroatoms. The van der Waals surface area contributed by atoms with Crippen molar-refractivity contribution in [2.24, 2.45) is 0 Å². The molecule has 4 aromatic rings. The Morgan fingerprint density at radius 2 is 1.30 bits per heavy atom. The lowest BCUT2D eigenvalue weighted by molar-refractivity contribution is 0.405. The Bertz CT molecular complexity index is 899. The second kappa shape index (κ2) is 4.28. The maximum Gasteiger partial charge on any atom is 0.383 e. The van der Waals surface area contributed by atoms with Gasteiger partial charge in [-0.25, -0.2) is 0 Å². The lowest BCUT2D eigenvalue weighted by atomic mass is 9.92. The molecule has 4 rings (SSSR count). The quantitative estimate of drug-likeness (QED) is 0.436. The molecule has 0 spiro atoms. The van der Waals surface area contributed by atoms with Crippen LogP contribution < -0.4 is 0 Å². The van der Waals surface area contributed by atoms with Crippen LogP contribution in [0.1, 0.15) is 5.56 Å². The Labute approximate surface area is 118 Å². The van der Waals surface area contributed by atoms with Gasteiger partial charge in [0.25, 0.3) is 0 Å². The normalized spacial score (nSPS) is 12.2. The van der Waals surface area contributed by atoms with Crippen LogP contribution in [0.5, 0.6) is 0 Å². The summed E-state index contributed by atoms with van der Waals surface area (Å²) >= 11 is 0. The molecule has 2 N–H and O–H groups in total. The van der Waals surface area contributed by atoms with Crippen molar-refractivity contribution in [2.45, 2.75) is 6.04 Å². The molecule has 0 unspecified atom stereocenters. The highest BCUT2D eigenvalue weighted by Crippen LogP contribution is 2.35. The Balaban J connectivity index is 2.20. The number of hydrogen-bond donors (Lipinski definition) is 2. The number of rotatable bonds is 2. The van der Waals surface area contributed by atoms with E-state index in [1.165, 1.54) is 26.9 Å². The second-order valence-corrected chi connectivity index (χ2v) is 6.36. The first-order chi connectivity index (χ1) is 9.74. The van der Waals surface area contributed by atoms with E-state index in [1.54, 1.807) is 0 Å². The summed E-state index contributed by atoms with van der Waals surface area (Å²) in [7, 11) is -2.25. The molecule has 0 aliphatic carbocycles. The van der Waals surface area contributed by atoms with Gasteiger partial charge >= 0.3 is 9.28 Å². The molecule has 0 atom stereocenters. The highest BCUT2D eigenvalue weighted by atomic mass is 28.3. The lowest BCUT2D eigenvalue weighted by Crippen LogP contribution is -2.15. The molecule has 0 bridgehead atoms. The minimum Gasteiger partial charge on any atom is -0.410 e. The van der Waals surface area contributed by atoms with Crippen LogP contribution in [0.15, 0.2) is 54.6 Å². The average Bonchev–Trinajstić information content (AvgIpc) is 2.46. The SMILES string of the molecule is O[Si](O)Cc1ccc2ccc3cccc4ccc1c2c34. The van der Waals surface area contributed by atoms with Gasteiger partial charge in [0.15, 0.2) is 0 Å². The molecule has 0 aromatic heterocycles. The third-order valence-corrected chi connectivity index (χ3v) is 4.66. The average molecular weight is 277 g/mol. The van der Waals surface area contributed by atoms with Gasteiger partial charge in [-0.3, -0.25) is 0 Å². The van der Waals surface area contributed by atoms with Crippen molar-refractivity contribution in [1.29, 1.82) is 0 Å². The number of benzene rings is 4. The molecule has 0 saturated carbocycles. The zero-order valence-electron chi connectivity index (χ0n) is 10.8. The number of hydrogen-bond acceptors (Lipinski definition) is 2. The van der Waals surface area contributed by atoms with Gasteiger partial charge in [-0.05, 0) is 37.9 Å². The molecule has 97 valence electrons. The van der Waals surface area contributed by atoms with Gasteiger partial charge in [0, 0.05) is 6.04 Å². The van der Waals surface area contributed by atoms with Crippen LogP contribution >= 0.6 is 0 Å². The molecule has 0 fully saturated rings. The van der Waals surface area contributed by atoms with E-state index >= 15 is 0 Å². The van der Waals surface area contributed by atoms with E-state index in [0.717, 1.165) is 10.9 Å². The van der Waals surface area contributed by atoms with E-state index in [4.69, 9.17) is 0 Å². The zero-order chi connectivity index (χ0) is 13.7. The largest absolute Gasteiger partial charge is 0.410 e. The van der Waals surface area contributed by atoms with Crippen molar-refractivity contribution in [3.05, 3.63) is 60.2 Å². The maximum atomic E-state index is 9.36. The first-order valence-corrected chi connectivity index (χ1v) is 8.23. The van der Waals surface area contributed by atoms with E-state index in [-0.39, 0.29) is 0 Å². The van der Waals surface area contributed by atoms with E-state index in [9.17, 15) is 9.59 Å². The Hall–Kier alpha value is -1.94. The summed E-state index contributed by atoms with van der Waals surface area (Å²) in [6.45, 7) is 0. The fraction of sp³-hybridized carbons (Fsp3) is 0.0588. The summed E-state index contributed by atoms with van der Waals surface area (Å²) in [6.07, 6.45) is 0. The van der Waals surface area contributed by atoms with Crippen LogP contribution in [0.25, 0.3) is 32.3 Å². The Morgan fingerprint density at radius 3 is 2.00 bits per heavy atom. The van der Waals surface area contributed by atoms with E-state index in [1.807, 2.05) is 6.07 Å². The molecule has 0 aliphatic heterocycles. The van der Waals surface area contributed by atoms with Gasteiger partial charge in [0.2, 0.25) is 0 Å². The topological polar surface area (TPSA) is 40.5 Å². The van der Waals surface area contributed by atoms with Gasteiger partial charge in [-0.15, -0.1) is 0 Å². The van der Waals surface area contributed by atoms with Crippen molar-refractivity contribution in [1.82, 2.24) is 0 Å². The smallest absolute Gasteiger partial charge is 0.383 e. The van der Waals surface area contributed by atoms with Crippen molar-refractivity contribution in [3.8, 4) is 0 Å². The Morgan fingerprint density at radius 1 is 0.700 bits per heavy atom. The molecule has 0 saturated heterocycles. The third kappa shape index (κ3) is 1.64.